The largest absolute Gasteiger partial charge is 0.302 e. The van der Waals surface area contributed by atoms with Crippen molar-refractivity contribution < 1.29 is 4.79 Å². The van der Waals surface area contributed by atoms with Gasteiger partial charge >= 0.3 is 0 Å². The lowest BCUT2D eigenvalue weighted by atomic mass is 10.0. The molecule has 0 aliphatic carbocycles. The fourth-order valence-corrected chi connectivity index (χ4v) is 3.52. The van der Waals surface area contributed by atoms with Crippen molar-refractivity contribution in [3.63, 3.8) is 0 Å². The molecule has 0 saturated carbocycles. The van der Waals surface area contributed by atoms with Gasteiger partial charge in [-0.25, -0.2) is 9.97 Å². The Morgan fingerprint density at radius 3 is 2.65 bits per heavy atom. The molecule has 1 aromatic carbocycles. The summed E-state index contributed by atoms with van der Waals surface area (Å²) in [5, 5.41) is 8.10. The van der Waals surface area contributed by atoms with E-state index >= 15 is 0 Å². The first-order valence-electron chi connectivity index (χ1n) is 7.36. The van der Waals surface area contributed by atoms with E-state index in [1.807, 2.05) is 10.8 Å². The van der Waals surface area contributed by atoms with Crippen molar-refractivity contribution in [2.75, 3.05) is 5.32 Å². The smallest absolute Gasteiger partial charge is 0.232 e. The van der Waals surface area contributed by atoms with E-state index in [1.165, 1.54) is 16.9 Å². The number of nitrogens with one attached hydrogen (secondary N) is 1. The molecule has 1 N–H and O–H groups in total. The van der Waals surface area contributed by atoms with Gasteiger partial charge in [0.15, 0.2) is 5.13 Å². The zero-order chi connectivity index (χ0) is 16.2. The highest BCUT2D eigenvalue weighted by molar-refractivity contribution is 7.13. The predicted molar refractivity (Wildman–Crippen MR) is 96.1 cm³/mol. The first-order valence-corrected chi connectivity index (χ1v) is 9.12. The maximum absolute atomic E-state index is 12.0. The van der Waals surface area contributed by atoms with Gasteiger partial charge in [0.25, 0.3) is 0 Å². The summed E-state index contributed by atoms with van der Waals surface area (Å²) in [5.41, 5.74) is 3.19. The van der Waals surface area contributed by atoms with Gasteiger partial charge in [-0.05, 0) is 11.5 Å². The van der Waals surface area contributed by atoms with Crippen molar-refractivity contribution in [2.24, 2.45) is 0 Å². The van der Waals surface area contributed by atoms with E-state index in [1.54, 1.807) is 17.5 Å². The van der Waals surface area contributed by atoms with Crippen LogP contribution in [0.1, 0.15) is 31.0 Å². The molecule has 118 valence electrons. The van der Waals surface area contributed by atoms with Crippen molar-refractivity contribution in [3.8, 4) is 10.6 Å². The molecule has 0 saturated heterocycles. The molecular formula is C17H17N3OS2. The van der Waals surface area contributed by atoms with E-state index in [2.05, 4.69) is 53.4 Å². The number of rotatable bonds is 5. The third-order valence-electron chi connectivity index (χ3n) is 3.40. The average molecular weight is 343 g/mol. The molecule has 0 radical (unpaired) electrons. The zero-order valence-electron chi connectivity index (χ0n) is 12.9. The summed E-state index contributed by atoms with van der Waals surface area (Å²) in [4.78, 5) is 20.6. The molecule has 2 aromatic heterocycles. The molecule has 23 heavy (non-hydrogen) atoms. The summed E-state index contributed by atoms with van der Waals surface area (Å²) in [6.45, 7) is 4.36. The first kappa shape index (κ1) is 15.8. The van der Waals surface area contributed by atoms with Gasteiger partial charge in [-0.2, -0.15) is 0 Å². The van der Waals surface area contributed by atoms with Gasteiger partial charge in [0.05, 0.1) is 12.1 Å². The third-order valence-corrected chi connectivity index (χ3v) is 5.03. The van der Waals surface area contributed by atoms with Crippen LogP contribution in [0.15, 0.2) is 41.2 Å². The SMILES string of the molecule is CC(C)c1ccc(-c2nc(CC(=O)Nc3nccs3)cs2)cc1. The van der Waals surface area contributed by atoms with Crippen LogP contribution in [0, 0.1) is 0 Å². The summed E-state index contributed by atoms with van der Waals surface area (Å²) in [6.07, 6.45) is 1.93. The zero-order valence-corrected chi connectivity index (χ0v) is 14.6. The summed E-state index contributed by atoms with van der Waals surface area (Å²) < 4.78 is 0. The van der Waals surface area contributed by atoms with Crippen LogP contribution < -0.4 is 5.32 Å². The Morgan fingerprint density at radius 1 is 1.22 bits per heavy atom. The summed E-state index contributed by atoms with van der Waals surface area (Å²) >= 11 is 2.97. The lowest BCUT2D eigenvalue weighted by molar-refractivity contribution is -0.115. The minimum Gasteiger partial charge on any atom is -0.302 e. The Kier molecular flexibility index (Phi) is 4.83. The lowest BCUT2D eigenvalue weighted by Gasteiger charge is -2.05. The number of anilines is 1. The molecule has 0 fully saturated rings. The Labute approximate surface area is 143 Å². The standard InChI is InChI=1S/C17H17N3OS2/c1-11(2)12-3-5-13(6-4-12)16-19-14(10-23-16)9-15(21)20-17-18-7-8-22-17/h3-8,10-11H,9H2,1-2H3,(H,18,20,21). The Balaban J connectivity index is 1.66. The van der Waals surface area contributed by atoms with E-state index < -0.39 is 0 Å². The van der Waals surface area contributed by atoms with Gasteiger partial charge in [0.1, 0.15) is 5.01 Å². The molecule has 3 rings (SSSR count). The molecule has 6 heteroatoms. The molecule has 2 heterocycles. The molecule has 0 bridgehead atoms. The summed E-state index contributed by atoms with van der Waals surface area (Å²) in [5.74, 6) is 0.428. The number of hydrogen-bond acceptors (Lipinski definition) is 5. The molecule has 0 unspecified atom stereocenters. The molecular weight excluding hydrogens is 326 g/mol. The van der Waals surface area contributed by atoms with Crippen LogP contribution in [0.25, 0.3) is 10.6 Å². The first-order chi connectivity index (χ1) is 11.1. The number of carbonyl (C=O) groups is 1. The van der Waals surface area contributed by atoms with Crippen molar-refractivity contribution >= 4 is 33.7 Å². The fraction of sp³-hybridized carbons (Fsp3) is 0.235. The third kappa shape index (κ3) is 4.03. The van der Waals surface area contributed by atoms with Crippen LogP contribution in [-0.2, 0) is 11.2 Å². The average Bonchev–Trinajstić information content (AvgIpc) is 3.19. The van der Waals surface area contributed by atoms with Gasteiger partial charge in [-0.3, -0.25) is 4.79 Å². The number of nitrogens with zero attached hydrogens (tertiary/aromatic N) is 2. The van der Waals surface area contributed by atoms with E-state index in [-0.39, 0.29) is 12.3 Å². The van der Waals surface area contributed by atoms with Gasteiger partial charge in [0.2, 0.25) is 5.91 Å². The van der Waals surface area contributed by atoms with Crippen LogP contribution in [0.5, 0.6) is 0 Å². The molecule has 4 nitrogen and oxygen atoms in total. The molecule has 3 aromatic rings. The van der Waals surface area contributed by atoms with Crippen LogP contribution in [-0.4, -0.2) is 15.9 Å². The van der Waals surface area contributed by atoms with E-state index in [9.17, 15) is 4.79 Å². The highest BCUT2D eigenvalue weighted by Crippen LogP contribution is 2.26. The topological polar surface area (TPSA) is 54.9 Å². The number of amides is 1. The number of hydrogen-bond donors (Lipinski definition) is 1. The van der Waals surface area contributed by atoms with Gasteiger partial charge < -0.3 is 5.32 Å². The van der Waals surface area contributed by atoms with E-state index in [0.29, 0.717) is 11.0 Å². The molecule has 0 aliphatic heterocycles. The number of benzene rings is 1. The minimum atomic E-state index is -0.0908. The minimum absolute atomic E-state index is 0.0908. The second kappa shape index (κ2) is 7.02. The lowest BCUT2D eigenvalue weighted by Crippen LogP contribution is -2.14. The van der Waals surface area contributed by atoms with Crippen molar-refractivity contribution in [1.82, 2.24) is 9.97 Å². The summed E-state index contributed by atoms with van der Waals surface area (Å²) in [7, 11) is 0. The predicted octanol–water partition coefficient (Wildman–Crippen LogP) is 4.57. The Morgan fingerprint density at radius 2 is 2.00 bits per heavy atom. The van der Waals surface area contributed by atoms with Gasteiger partial charge in [0, 0.05) is 22.5 Å². The maximum Gasteiger partial charge on any atom is 0.232 e. The molecule has 1 amide bonds. The van der Waals surface area contributed by atoms with Crippen LogP contribution in [0.4, 0.5) is 5.13 Å². The fourth-order valence-electron chi connectivity index (χ4n) is 2.14. The second-order valence-corrected chi connectivity index (χ2v) is 7.24. The molecule has 0 aliphatic rings. The van der Waals surface area contributed by atoms with Crippen molar-refractivity contribution in [3.05, 3.63) is 52.5 Å². The monoisotopic (exact) mass is 343 g/mol. The summed E-state index contributed by atoms with van der Waals surface area (Å²) in [6, 6.07) is 8.45. The Bertz CT molecular complexity index is 777. The Hall–Kier alpha value is -2.05. The van der Waals surface area contributed by atoms with Crippen molar-refractivity contribution in [1.29, 1.82) is 0 Å². The van der Waals surface area contributed by atoms with Crippen molar-refractivity contribution in [2.45, 2.75) is 26.2 Å². The maximum atomic E-state index is 12.0. The van der Waals surface area contributed by atoms with Gasteiger partial charge in [-0.15, -0.1) is 22.7 Å². The van der Waals surface area contributed by atoms with Gasteiger partial charge in [-0.1, -0.05) is 38.1 Å². The molecule has 0 spiro atoms. The highest BCUT2D eigenvalue weighted by Gasteiger charge is 2.10. The quantitative estimate of drug-likeness (QED) is 0.738. The van der Waals surface area contributed by atoms with Crippen LogP contribution in [0.2, 0.25) is 0 Å². The highest BCUT2D eigenvalue weighted by atomic mass is 32.1. The van der Waals surface area contributed by atoms with E-state index in [0.717, 1.165) is 16.3 Å². The van der Waals surface area contributed by atoms with Crippen LogP contribution >= 0.6 is 22.7 Å². The van der Waals surface area contributed by atoms with Crippen LogP contribution in [0.3, 0.4) is 0 Å². The normalized spacial score (nSPS) is 10.9. The molecule has 0 atom stereocenters. The number of thiazole rings is 2. The second-order valence-electron chi connectivity index (χ2n) is 5.48. The van der Waals surface area contributed by atoms with E-state index in [4.69, 9.17) is 0 Å². The number of aromatic nitrogens is 2. The number of carbonyl (C=O) groups excluding carboxylic acids is 1.